The number of carboxylic acid groups (broad SMARTS) is 1. The summed E-state index contributed by atoms with van der Waals surface area (Å²) >= 11 is 5.91. The van der Waals surface area contributed by atoms with Crippen LogP contribution in [0.25, 0.3) is 0 Å². The first kappa shape index (κ1) is 13.6. The van der Waals surface area contributed by atoms with Crippen molar-refractivity contribution in [3.63, 3.8) is 0 Å². The molecule has 3 nitrogen and oxygen atoms in total. The summed E-state index contributed by atoms with van der Waals surface area (Å²) in [6.45, 7) is 1.92. The van der Waals surface area contributed by atoms with Crippen LogP contribution in [0.2, 0.25) is 5.02 Å². The number of rotatable bonds is 4. The minimum Gasteiger partial charge on any atom is -0.481 e. The molecule has 1 heterocycles. The second-order valence-corrected chi connectivity index (χ2v) is 4.92. The van der Waals surface area contributed by atoms with E-state index >= 15 is 0 Å². The quantitative estimate of drug-likeness (QED) is 0.930. The van der Waals surface area contributed by atoms with Crippen LogP contribution in [0.1, 0.15) is 22.7 Å². The standard InChI is InChI=1S/C15H14ClNO2/c1-10-5-6-14(17-9-10)13(15(18)19)8-11-3-2-4-12(16)7-11/h2-7,9,13H,8H2,1H3,(H,18,19). The molecule has 0 fully saturated rings. The Labute approximate surface area is 116 Å². The third kappa shape index (κ3) is 3.55. The number of pyridine rings is 1. The predicted molar refractivity (Wildman–Crippen MR) is 74.5 cm³/mol. The van der Waals surface area contributed by atoms with Crippen LogP contribution in [-0.2, 0) is 11.2 Å². The number of carbonyl (C=O) groups is 1. The van der Waals surface area contributed by atoms with Crippen LogP contribution in [0.15, 0.2) is 42.6 Å². The smallest absolute Gasteiger partial charge is 0.312 e. The molecule has 0 aliphatic rings. The summed E-state index contributed by atoms with van der Waals surface area (Å²) in [7, 11) is 0. The maximum atomic E-state index is 11.4. The number of hydrogen-bond acceptors (Lipinski definition) is 2. The van der Waals surface area contributed by atoms with Crippen LogP contribution in [0.5, 0.6) is 0 Å². The molecule has 0 spiro atoms. The summed E-state index contributed by atoms with van der Waals surface area (Å²) in [5.41, 5.74) is 2.47. The highest BCUT2D eigenvalue weighted by atomic mass is 35.5. The molecular formula is C15H14ClNO2. The van der Waals surface area contributed by atoms with E-state index in [4.69, 9.17) is 11.6 Å². The first-order chi connectivity index (χ1) is 9.06. The van der Waals surface area contributed by atoms with E-state index in [9.17, 15) is 9.90 Å². The van der Waals surface area contributed by atoms with Crippen LogP contribution in [0.3, 0.4) is 0 Å². The number of hydrogen-bond donors (Lipinski definition) is 1. The third-order valence-electron chi connectivity index (χ3n) is 2.92. The van der Waals surface area contributed by atoms with Gasteiger partial charge in [-0.3, -0.25) is 9.78 Å². The lowest BCUT2D eigenvalue weighted by molar-refractivity contribution is -0.138. The zero-order chi connectivity index (χ0) is 13.8. The fraction of sp³-hybridized carbons (Fsp3) is 0.200. The van der Waals surface area contributed by atoms with E-state index in [1.807, 2.05) is 25.1 Å². The highest BCUT2D eigenvalue weighted by Gasteiger charge is 2.21. The molecule has 0 saturated carbocycles. The Kier molecular flexibility index (Phi) is 4.17. The first-order valence-electron chi connectivity index (χ1n) is 5.96. The lowest BCUT2D eigenvalue weighted by Crippen LogP contribution is -2.15. The van der Waals surface area contributed by atoms with Crippen LogP contribution in [-0.4, -0.2) is 16.1 Å². The number of benzene rings is 1. The molecule has 0 amide bonds. The highest BCUT2D eigenvalue weighted by Crippen LogP contribution is 2.21. The van der Waals surface area contributed by atoms with Crippen molar-refractivity contribution in [2.24, 2.45) is 0 Å². The van der Waals surface area contributed by atoms with Crippen molar-refractivity contribution < 1.29 is 9.90 Å². The third-order valence-corrected chi connectivity index (χ3v) is 3.15. The zero-order valence-electron chi connectivity index (χ0n) is 10.5. The lowest BCUT2D eigenvalue weighted by Gasteiger charge is -2.12. The molecule has 0 aliphatic carbocycles. The maximum absolute atomic E-state index is 11.4. The summed E-state index contributed by atoms with van der Waals surface area (Å²) in [5, 5.41) is 9.96. The Morgan fingerprint density at radius 2 is 2.16 bits per heavy atom. The molecule has 0 radical (unpaired) electrons. The average molecular weight is 276 g/mol. The second-order valence-electron chi connectivity index (χ2n) is 4.49. The van der Waals surface area contributed by atoms with Gasteiger partial charge >= 0.3 is 5.97 Å². The van der Waals surface area contributed by atoms with Gasteiger partial charge in [-0.1, -0.05) is 29.8 Å². The van der Waals surface area contributed by atoms with Crippen molar-refractivity contribution in [1.29, 1.82) is 0 Å². The molecule has 1 unspecified atom stereocenters. The number of aromatic nitrogens is 1. The van der Waals surface area contributed by atoms with Gasteiger partial charge in [0.2, 0.25) is 0 Å². The number of aliphatic carboxylic acids is 1. The fourth-order valence-corrected chi connectivity index (χ4v) is 2.12. The molecule has 2 aromatic rings. The van der Waals surface area contributed by atoms with Crippen molar-refractivity contribution in [2.45, 2.75) is 19.3 Å². The maximum Gasteiger partial charge on any atom is 0.312 e. The topological polar surface area (TPSA) is 50.2 Å². The normalized spacial score (nSPS) is 12.1. The van der Waals surface area contributed by atoms with E-state index in [0.29, 0.717) is 17.1 Å². The van der Waals surface area contributed by atoms with Gasteiger partial charge < -0.3 is 5.11 Å². The van der Waals surface area contributed by atoms with E-state index in [2.05, 4.69) is 4.98 Å². The minimum atomic E-state index is -0.878. The molecule has 1 N–H and O–H groups in total. The largest absolute Gasteiger partial charge is 0.481 e. The monoisotopic (exact) mass is 275 g/mol. The molecule has 0 aliphatic heterocycles. The number of carboxylic acids is 1. The number of halogens is 1. The molecule has 1 aromatic heterocycles. The van der Waals surface area contributed by atoms with E-state index in [1.54, 1.807) is 24.4 Å². The van der Waals surface area contributed by atoms with Gasteiger partial charge in [0.15, 0.2) is 0 Å². The summed E-state index contributed by atoms with van der Waals surface area (Å²) in [5.74, 6) is -1.53. The molecule has 19 heavy (non-hydrogen) atoms. The Morgan fingerprint density at radius 3 is 2.74 bits per heavy atom. The van der Waals surface area contributed by atoms with Gasteiger partial charge in [-0.15, -0.1) is 0 Å². The molecule has 0 bridgehead atoms. The number of aryl methyl sites for hydroxylation is 1. The molecule has 1 atom stereocenters. The van der Waals surface area contributed by atoms with Gasteiger partial charge in [-0.25, -0.2) is 0 Å². The Bertz CT molecular complexity index is 581. The Balaban J connectivity index is 2.26. The van der Waals surface area contributed by atoms with Crippen LogP contribution < -0.4 is 0 Å². The molecular weight excluding hydrogens is 262 g/mol. The van der Waals surface area contributed by atoms with Crippen molar-refractivity contribution in [2.75, 3.05) is 0 Å². The van der Waals surface area contributed by atoms with Gasteiger partial charge in [0.1, 0.15) is 5.92 Å². The molecule has 2 rings (SSSR count). The van der Waals surface area contributed by atoms with Gasteiger partial charge in [-0.2, -0.15) is 0 Å². The molecule has 98 valence electrons. The van der Waals surface area contributed by atoms with Crippen molar-refractivity contribution in [3.05, 3.63) is 64.4 Å². The minimum absolute atomic E-state index is 0.381. The summed E-state index contributed by atoms with van der Waals surface area (Å²) in [4.78, 5) is 15.6. The van der Waals surface area contributed by atoms with Gasteiger partial charge in [-0.05, 0) is 42.7 Å². The Morgan fingerprint density at radius 1 is 1.37 bits per heavy atom. The fourth-order valence-electron chi connectivity index (χ4n) is 1.90. The SMILES string of the molecule is Cc1ccc(C(Cc2cccc(Cl)c2)C(=O)O)nc1. The van der Waals surface area contributed by atoms with E-state index in [0.717, 1.165) is 11.1 Å². The van der Waals surface area contributed by atoms with E-state index in [-0.39, 0.29) is 0 Å². The molecule has 4 heteroatoms. The summed E-state index contributed by atoms with van der Waals surface area (Å²) in [6, 6.07) is 10.9. The zero-order valence-corrected chi connectivity index (χ0v) is 11.3. The molecule has 1 aromatic carbocycles. The van der Waals surface area contributed by atoms with Crippen LogP contribution in [0.4, 0.5) is 0 Å². The van der Waals surface area contributed by atoms with Crippen molar-refractivity contribution in [1.82, 2.24) is 4.98 Å². The average Bonchev–Trinajstić information content (AvgIpc) is 2.37. The van der Waals surface area contributed by atoms with Crippen molar-refractivity contribution >= 4 is 17.6 Å². The first-order valence-corrected chi connectivity index (χ1v) is 6.34. The summed E-state index contributed by atoms with van der Waals surface area (Å²) in [6.07, 6.45) is 2.06. The van der Waals surface area contributed by atoms with Gasteiger partial charge in [0, 0.05) is 11.2 Å². The lowest BCUT2D eigenvalue weighted by atomic mass is 9.95. The van der Waals surface area contributed by atoms with E-state index in [1.165, 1.54) is 0 Å². The molecule has 0 saturated heterocycles. The van der Waals surface area contributed by atoms with Crippen LogP contribution in [0, 0.1) is 6.92 Å². The Hall–Kier alpha value is -1.87. The van der Waals surface area contributed by atoms with E-state index < -0.39 is 11.9 Å². The van der Waals surface area contributed by atoms with Gasteiger partial charge in [0.05, 0.1) is 5.69 Å². The predicted octanol–water partition coefficient (Wildman–Crippen LogP) is 3.45. The van der Waals surface area contributed by atoms with Gasteiger partial charge in [0.25, 0.3) is 0 Å². The van der Waals surface area contributed by atoms with Crippen molar-refractivity contribution in [3.8, 4) is 0 Å². The second kappa shape index (κ2) is 5.85. The number of nitrogens with zero attached hydrogens (tertiary/aromatic N) is 1. The highest BCUT2D eigenvalue weighted by molar-refractivity contribution is 6.30. The van der Waals surface area contributed by atoms with Crippen LogP contribution >= 0.6 is 11.6 Å². The summed E-state index contributed by atoms with van der Waals surface area (Å²) < 4.78 is 0.